The molecule has 2 fully saturated rings. The number of benzene rings is 2. The van der Waals surface area contributed by atoms with Crippen LogP contribution in [0.4, 0.5) is 5.69 Å². The van der Waals surface area contributed by atoms with E-state index in [0.29, 0.717) is 11.6 Å². The van der Waals surface area contributed by atoms with Crippen LogP contribution in [0.3, 0.4) is 0 Å². The molecule has 27 heavy (non-hydrogen) atoms. The van der Waals surface area contributed by atoms with Gasteiger partial charge in [-0.25, -0.2) is 8.42 Å². The van der Waals surface area contributed by atoms with E-state index < -0.39 is 9.84 Å². The van der Waals surface area contributed by atoms with Crippen molar-refractivity contribution in [2.24, 2.45) is 0 Å². The predicted octanol–water partition coefficient (Wildman–Crippen LogP) is 1.25. The molecule has 2 aromatic rings. The van der Waals surface area contributed by atoms with Crippen molar-refractivity contribution in [1.29, 1.82) is 0 Å². The highest BCUT2D eigenvalue weighted by molar-refractivity contribution is 7.91. The minimum atomic E-state index is -3.17. The van der Waals surface area contributed by atoms with Gasteiger partial charge in [-0.1, -0.05) is 41.4 Å². The number of hydrogen-bond donors (Lipinski definition) is 1. The third-order valence-electron chi connectivity index (χ3n) is 5.48. The van der Waals surface area contributed by atoms with Crippen LogP contribution in [0, 0.1) is 6.92 Å². The molecule has 7 heteroatoms. The average Bonchev–Trinajstić information content (AvgIpc) is 2.93. The van der Waals surface area contributed by atoms with Gasteiger partial charge in [-0.3, -0.25) is 9.69 Å². The molecule has 2 heterocycles. The Morgan fingerprint density at radius 1 is 1.07 bits per heavy atom. The lowest BCUT2D eigenvalue weighted by Gasteiger charge is -2.40. The van der Waals surface area contributed by atoms with Gasteiger partial charge in [0.1, 0.15) is 24.4 Å². The number of carbonyl (C=O) groups excluding carboxylic acids is 1. The van der Waals surface area contributed by atoms with Crippen LogP contribution in [0.1, 0.15) is 11.1 Å². The standard InChI is InChI=1S/C20H21ClN2O3S/c1-14-2-8-17(9-3-14)23-19-13-27(25,26)12-18(19)22(11-20(23)24)10-15-4-6-16(21)7-5-15/h2-9,18-19H,10-13H2,1H3/p+1/t18-,19+/m0/s1. The highest BCUT2D eigenvalue weighted by atomic mass is 35.5. The fourth-order valence-corrected chi connectivity index (χ4v) is 6.34. The van der Waals surface area contributed by atoms with Crippen molar-refractivity contribution >= 4 is 33.0 Å². The van der Waals surface area contributed by atoms with Crippen LogP contribution in [0.25, 0.3) is 0 Å². The Bertz CT molecular complexity index is 958. The van der Waals surface area contributed by atoms with E-state index in [9.17, 15) is 13.2 Å². The molecular weight excluding hydrogens is 384 g/mol. The lowest BCUT2D eigenvalue weighted by Crippen LogP contribution is -3.19. The second kappa shape index (κ2) is 6.93. The van der Waals surface area contributed by atoms with Gasteiger partial charge >= 0.3 is 0 Å². The van der Waals surface area contributed by atoms with E-state index in [4.69, 9.17) is 11.6 Å². The number of nitrogens with one attached hydrogen (secondary N) is 1. The van der Waals surface area contributed by atoms with Crippen molar-refractivity contribution in [3.05, 3.63) is 64.7 Å². The highest BCUT2D eigenvalue weighted by Crippen LogP contribution is 2.26. The van der Waals surface area contributed by atoms with Gasteiger partial charge in [-0.05, 0) is 31.2 Å². The molecule has 5 nitrogen and oxygen atoms in total. The fourth-order valence-electron chi connectivity index (χ4n) is 4.17. The molecule has 0 spiro atoms. The van der Waals surface area contributed by atoms with Crippen LogP contribution in [-0.2, 0) is 21.2 Å². The zero-order chi connectivity index (χ0) is 19.2. The number of carbonyl (C=O) groups is 1. The summed E-state index contributed by atoms with van der Waals surface area (Å²) in [7, 11) is -3.17. The van der Waals surface area contributed by atoms with Gasteiger partial charge in [-0.15, -0.1) is 0 Å². The summed E-state index contributed by atoms with van der Waals surface area (Å²) in [5.41, 5.74) is 2.94. The molecule has 1 amide bonds. The first kappa shape index (κ1) is 18.5. The number of fused-ring (bicyclic) bond motifs is 1. The van der Waals surface area contributed by atoms with E-state index in [1.807, 2.05) is 55.5 Å². The molecule has 0 saturated carbocycles. The summed E-state index contributed by atoms with van der Waals surface area (Å²) in [6.45, 7) is 2.89. The smallest absolute Gasteiger partial charge is 0.282 e. The van der Waals surface area contributed by atoms with E-state index in [-0.39, 0.29) is 36.0 Å². The number of hydrogen-bond acceptors (Lipinski definition) is 3. The van der Waals surface area contributed by atoms with Gasteiger partial charge in [0.2, 0.25) is 0 Å². The summed E-state index contributed by atoms with van der Waals surface area (Å²) in [4.78, 5) is 15.7. The molecule has 2 aliphatic rings. The first-order valence-corrected chi connectivity index (χ1v) is 11.2. The van der Waals surface area contributed by atoms with Gasteiger partial charge in [0.15, 0.2) is 16.4 Å². The van der Waals surface area contributed by atoms with Crippen molar-refractivity contribution in [1.82, 2.24) is 0 Å². The topological polar surface area (TPSA) is 58.9 Å². The Hall–Kier alpha value is -1.89. The van der Waals surface area contributed by atoms with E-state index in [1.54, 1.807) is 4.90 Å². The van der Waals surface area contributed by atoms with Gasteiger partial charge in [0.25, 0.3) is 5.91 Å². The maximum Gasteiger partial charge on any atom is 0.282 e. The quantitative estimate of drug-likeness (QED) is 0.836. The zero-order valence-electron chi connectivity index (χ0n) is 15.1. The van der Waals surface area contributed by atoms with Crippen LogP contribution < -0.4 is 9.80 Å². The maximum absolute atomic E-state index is 13.0. The summed E-state index contributed by atoms with van der Waals surface area (Å²) in [6.07, 6.45) is 0. The number of aryl methyl sites for hydroxylation is 1. The second-order valence-electron chi connectivity index (χ2n) is 7.49. The molecule has 0 aliphatic carbocycles. The molecule has 1 N–H and O–H groups in total. The molecule has 0 bridgehead atoms. The number of rotatable bonds is 3. The largest absolute Gasteiger partial charge is 0.318 e. The molecule has 2 aromatic carbocycles. The number of quaternary nitrogens is 1. The summed E-state index contributed by atoms with van der Waals surface area (Å²) < 4.78 is 24.8. The first-order chi connectivity index (χ1) is 12.8. The average molecular weight is 406 g/mol. The van der Waals surface area contributed by atoms with Gasteiger partial charge < -0.3 is 4.90 Å². The third kappa shape index (κ3) is 3.74. The van der Waals surface area contributed by atoms with Crippen LogP contribution >= 0.6 is 11.6 Å². The number of amides is 1. The third-order valence-corrected chi connectivity index (χ3v) is 7.45. The molecule has 2 saturated heterocycles. The summed E-state index contributed by atoms with van der Waals surface area (Å²) in [6, 6.07) is 14.8. The first-order valence-electron chi connectivity index (χ1n) is 9.00. The normalized spacial score (nSPS) is 26.8. The Kier molecular flexibility index (Phi) is 4.74. The van der Waals surface area contributed by atoms with Crippen molar-refractivity contribution in [3.63, 3.8) is 0 Å². The van der Waals surface area contributed by atoms with Crippen molar-refractivity contribution in [3.8, 4) is 0 Å². The number of halogens is 1. The molecular formula is C20H22ClN2O3S+. The molecule has 3 atom stereocenters. The Morgan fingerprint density at radius 3 is 2.41 bits per heavy atom. The van der Waals surface area contributed by atoms with E-state index >= 15 is 0 Å². The SMILES string of the molecule is Cc1ccc(N2C(=O)C[NH+](Cc3ccc(Cl)cc3)[C@H]3CS(=O)(=O)C[C@H]32)cc1. The molecule has 4 rings (SSSR count). The van der Waals surface area contributed by atoms with Crippen LogP contribution in [0.15, 0.2) is 48.5 Å². The number of anilines is 1. The zero-order valence-corrected chi connectivity index (χ0v) is 16.6. The highest BCUT2D eigenvalue weighted by Gasteiger charge is 2.52. The van der Waals surface area contributed by atoms with Crippen LogP contribution in [-0.4, -0.2) is 44.5 Å². The minimum absolute atomic E-state index is 0.0267. The van der Waals surface area contributed by atoms with E-state index in [1.165, 1.54) is 0 Å². The van der Waals surface area contributed by atoms with Gasteiger partial charge in [0.05, 0.1) is 5.75 Å². The summed E-state index contributed by atoms with van der Waals surface area (Å²) in [5, 5.41) is 0.662. The van der Waals surface area contributed by atoms with E-state index in [0.717, 1.165) is 21.7 Å². The van der Waals surface area contributed by atoms with Crippen LogP contribution in [0.2, 0.25) is 5.02 Å². The van der Waals surface area contributed by atoms with Crippen molar-refractivity contribution in [2.75, 3.05) is 23.0 Å². The lowest BCUT2D eigenvalue weighted by molar-refractivity contribution is -0.931. The Morgan fingerprint density at radius 2 is 1.74 bits per heavy atom. The lowest BCUT2D eigenvalue weighted by atomic mass is 10.0. The number of piperazine rings is 1. The molecule has 0 radical (unpaired) electrons. The van der Waals surface area contributed by atoms with E-state index in [2.05, 4.69) is 0 Å². The second-order valence-corrected chi connectivity index (χ2v) is 10.1. The van der Waals surface area contributed by atoms with Crippen molar-refractivity contribution < 1.29 is 18.1 Å². The fraction of sp³-hybridized carbons (Fsp3) is 0.350. The number of sulfone groups is 1. The van der Waals surface area contributed by atoms with Crippen LogP contribution in [0.5, 0.6) is 0 Å². The molecule has 1 unspecified atom stereocenters. The number of nitrogens with zero attached hydrogens (tertiary/aromatic N) is 1. The predicted molar refractivity (Wildman–Crippen MR) is 106 cm³/mol. The summed E-state index contributed by atoms with van der Waals surface area (Å²) >= 11 is 5.96. The maximum atomic E-state index is 13.0. The minimum Gasteiger partial charge on any atom is -0.318 e. The summed E-state index contributed by atoms with van der Waals surface area (Å²) in [5.74, 6) is 0.124. The Labute approximate surface area is 164 Å². The molecule has 0 aromatic heterocycles. The van der Waals surface area contributed by atoms with Gasteiger partial charge in [-0.2, -0.15) is 0 Å². The van der Waals surface area contributed by atoms with Gasteiger partial charge in [0, 0.05) is 16.3 Å². The Balaban J connectivity index is 1.65. The van der Waals surface area contributed by atoms with Crippen molar-refractivity contribution in [2.45, 2.75) is 25.6 Å². The molecule has 142 valence electrons. The molecule has 2 aliphatic heterocycles. The monoisotopic (exact) mass is 405 g/mol.